The maximum absolute atomic E-state index is 5.46. The molecule has 48 heavy (non-hydrogen) atoms. The second-order valence-electron chi connectivity index (χ2n) is 12.1. The summed E-state index contributed by atoms with van der Waals surface area (Å²) in [6.07, 6.45) is 0. The highest BCUT2D eigenvalue weighted by molar-refractivity contribution is 6.19. The lowest BCUT2D eigenvalue weighted by Crippen LogP contribution is -1.99. The molecule has 0 radical (unpaired) electrons. The fourth-order valence-corrected chi connectivity index (χ4v) is 7.05. The van der Waals surface area contributed by atoms with Crippen molar-refractivity contribution in [1.82, 2.24) is 9.97 Å². The van der Waals surface area contributed by atoms with Crippen molar-refractivity contribution >= 4 is 32.3 Å². The van der Waals surface area contributed by atoms with Gasteiger partial charge in [-0.25, -0.2) is 9.97 Å². The first-order valence-corrected chi connectivity index (χ1v) is 16.3. The van der Waals surface area contributed by atoms with Gasteiger partial charge in [0.2, 0.25) is 0 Å². The summed E-state index contributed by atoms with van der Waals surface area (Å²) in [6, 6.07) is 64.4. The van der Waals surface area contributed by atoms with E-state index in [9.17, 15) is 0 Å². The van der Waals surface area contributed by atoms with E-state index < -0.39 is 0 Å². The molecule has 0 spiro atoms. The van der Waals surface area contributed by atoms with E-state index in [1.165, 1.54) is 21.5 Å². The number of hydrogen-bond donors (Lipinski definition) is 0. The molecule has 2 heteroatoms. The van der Waals surface area contributed by atoms with Gasteiger partial charge in [-0.1, -0.05) is 170 Å². The van der Waals surface area contributed by atoms with Gasteiger partial charge < -0.3 is 0 Å². The summed E-state index contributed by atoms with van der Waals surface area (Å²) in [5.74, 6) is 0.713. The van der Waals surface area contributed by atoms with Gasteiger partial charge in [0.15, 0.2) is 5.82 Å². The van der Waals surface area contributed by atoms with Crippen LogP contribution in [0.2, 0.25) is 0 Å². The van der Waals surface area contributed by atoms with E-state index in [-0.39, 0.29) is 0 Å². The molecule has 0 aliphatic heterocycles. The summed E-state index contributed by atoms with van der Waals surface area (Å²) < 4.78 is 0. The molecule has 224 valence electrons. The predicted molar refractivity (Wildman–Crippen MR) is 202 cm³/mol. The van der Waals surface area contributed by atoms with Crippen LogP contribution in [0.1, 0.15) is 0 Å². The van der Waals surface area contributed by atoms with Gasteiger partial charge in [-0.3, -0.25) is 0 Å². The Morgan fingerprint density at radius 2 is 0.771 bits per heavy atom. The Hall–Kier alpha value is -6.38. The molecular formula is C46H30N2. The van der Waals surface area contributed by atoms with Gasteiger partial charge in [0.25, 0.3) is 0 Å². The summed E-state index contributed by atoms with van der Waals surface area (Å²) in [5, 5.41) is 7.09. The average molecular weight is 611 g/mol. The summed E-state index contributed by atoms with van der Waals surface area (Å²) in [4.78, 5) is 10.9. The lowest BCUT2D eigenvalue weighted by atomic mass is 9.92. The van der Waals surface area contributed by atoms with E-state index in [2.05, 4.69) is 182 Å². The zero-order valence-electron chi connectivity index (χ0n) is 26.2. The van der Waals surface area contributed by atoms with Crippen molar-refractivity contribution in [2.75, 3.05) is 0 Å². The first-order valence-electron chi connectivity index (χ1n) is 16.3. The van der Waals surface area contributed by atoms with Gasteiger partial charge in [-0.15, -0.1) is 0 Å². The zero-order valence-corrected chi connectivity index (χ0v) is 26.2. The third-order valence-electron chi connectivity index (χ3n) is 9.30. The van der Waals surface area contributed by atoms with E-state index in [0.717, 1.165) is 61.1 Å². The van der Waals surface area contributed by atoms with Crippen LogP contribution in [0.3, 0.4) is 0 Å². The second kappa shape index (κ2) is 11.8. The van der Waals surface area contributed by atoms with Crippen molar-refractivity contribution < 1.29 is 0 Å². The Bertz CT molecular complexity index is 2500. The Balaban J connectivity index is 1.39. The molecule has 2 nitrogen and oxygen atoms in total. The van der Waals surface area contributed by atoms with Crippen LogP contribution < -0.4 is 0 Å². The summed E-state index contributed by atoms with van der Waals surface area (Å²) in [6.45, 7) is 0. The Morgan fingerprint density at radius 1 is 0.292 bits per heavy atom. The van der Waals surface area contributed by atoms with Crippen LogP contribution >= 0.6 is 0 Å². The third-order valence-corrected chi connectivity index (χ3v) is 9.30. The van der Waals surface area contributed by atoms with E-state index in [1.807, 2.05) is 0 Å². The maximum Gasteiger partial charge on any atom is 0.161 e. The van der Waals surface area contributed by atoms with Gasteiger partial charge in [0.05, 0.1) is 11.4 Å². The Kier molecular flexibility index (Phi) is 6.84. The van der Waals surface area contributed by atoms with E-state index in [0.29, 0.717) is 5.82 Å². The van der Waals surface area contributed by atoms with Crippen molar-refractivity contribution in [2.45, 2.75) is 0 Å². The summed E-state index contributed by atoms with van der Waals surface area (Å²) in [7, 11) is 0. The highest BCUT2D eigenvalue weighted by Crippen LogP contribution is 2.41. The largest absolute Gasteiger partial charge is 0.228 e. The van der Waals surface area contributed by atoms with Crippen LogP contribution in [0.15, 0.2) is 182 Å². The molecule has 1 aromatic heterocycles. The highest BCUT2D eigenvalue weighted by atomic mass is 14.9. The lowest BCUT2D eigenvalue weighted by Gasteiger charge is -2.17. The molecule has 8 aromatic carbocycles. The molecule has 0 atom stereocenters. The Labute approximate surface area is 279 Å². The number of rotatable bonds is 5. The number of hydrogen-bond acceptors (Lipinski definition) is 2. The maximum atomic E-state index is 5.46. The van der Waals surface area contributed by atoms with Crippen molar-refractivity contribution in [3.05, 3.63) is 182 Å². The highest BCUT2D eigenvalue weighted by Gasteiger charge is 2.19. The van der Waals surface area contributed by atoms with Crippen LogP contribution in [0, 0.1) is 0 Å². The molecule has 0 aliphatic carbocycles. The van der Waals surface area contributed by atoms with Gasteiger partial charge >= 0.3 is 0 Å². The van der Waals surface area contributed by atoms with Crippen molar-refractivity contribution in [3.8, 4) is 56.2 Å². The van der Waals surface area contributed by atoms with Gasteiger partial charge in [-0.05, 0) is 66.7 Å². The van der Waals surface area contributed by atoms with Crippen LogP contribution in [0.4, 0.5) is 0 Å². The normalized spacial score (nSPS) is 11.3. The fourth-order valence-electron chi connectivity index (χ4n) is 7.05. The van der Waals surface area contributed by atoms with Crippen LogP contribution in [-0.2, 0) is 0 Å². The molecule has 0 N–H and O–H groups in total. The predicted octanol–water partition coefficient (Wildman–Crippen LogP) is 12.3. The minimum Gasteiger partial charge on any atom is -0.228 e. The molecule has 1 heterocycles. The molecular weight excluding hydrogens is 581 g/mol. The minimum atomic E-state index is 0.713. The van der Waals surface area contributed by atoms with Crippen molar-refractivity contribution in [2.24, 2.45) is 0 Å². The number of aromatic nitrogens is 2. The molecule has 0 saturated carbocycles. The summed E-state index contributed by atoms with van der Waals surface area (Å²) >= 11 is 0. The number of fused-ring (bicyclic) bond motifs is 4. The van der Waals surface area contributed by atoms with Gasteiger partial charge in [-0.2, -0.15) is 0 Å². The van der Waals surface area contributed by atoms with E-state index in [4.69, 9.17) is 9.97 Å². The third kappa shape index (κ3) is 4.83. The minimum absolute atomic E-state index is 0.713. The van der Waals surface area contributed by atoms with Gasteiger partial charge in [0, 0.05) is 16.7 Å². The topological polar surface area (TPSA) is 25.8 Å². The molecule has 0 fully saturated rings. The molecule has 0 bridgehead atoms. The lowest BCUT2D eigenvalue weighted by molar-refractivity contribution is 1.19. The second-order valence-corrected chi connectivity index (χ2v) is 12.1. The van der Waals surface area contributed by atoms with Gasteiger partial charge in [0.1, 0.15) is 0 Å². The standard InChI is InChI=1S/C46H30N2/c1-3-15-31(16-4-1)35-21-11-13-25-39(35)43-30-44(40-26-14-12-22-36(40)32-17-5-2-6-18-32)48-46(47-43)45-38-24-10-8-20-34(38)29-42-37-23-9-7-19-33(37)27-28-41(42)45/h1-30H. The number of benzene rings is 8. The molecule has 0 aliphatic rings. The molecule has 0 saturated heterocycles. The zero-order chi connectivity index (χ0) is 31.9. The monoisotopic (exact) mass is 610 g/mol. The first kappa shape index (κ1) is 27.9. The fraction of sp³-hybridized carbons (Fsp3) is 0. The smallest absolute Gasteiger partial charge is 0.161 e. The van der Waals surface area contributed by atoms with Crippen molar-refractivity contribution in [3.63, 3.8) is 0 Å². The quantitative estimate of drug-likeness (QED) is 0.143. The molecule has 9 aromatic rings. The first-order chi connectivity index (χ1) is 23.8. The van der Waals surface area contributed by atoms with E-state index in [1.54, 1.807) is 0 Å². The molecule has 9 rings (SSSR count). The number of nitrogens with zero attached hydrogens (tertiary/aromatic N) is 2. The van der Waals surface area contributed by atoms with E-state index >= 15 is 0 Å². The summed E-state index contributed by atoms with van der Waals surface area (Å²) in [5.41, 5.74) is 9.55. The molecule has 0 unspecified atom stereocenters. The van der Waals surface area contributed by atoms with Crippen molar-refractivity contribution in [1.29, 1.82) is 0 Å². The van der Waals surface area contributed by atoms with Crippen LogP contribution in [-0.4, -0.2) is 9.97 Å². The molecule has 0 amide bonds. The van der Waals surface area contributed by atoms with Crippen LogP contribution in [0.5, 0.6) is 0 Å². The Morgan fingerprint density at radius 3 is 1.38 bits per heavy atom. The SMILES string of the molecule is c1ccc(-c2ccccc2-c2cc(-c3ccccc3-c3ccccc3)nc(-c3c4ccccc4cc4c3ccc3ccccc34)n2)cc1. The average Bonchev–Trinajstić information content (AvgIpc) is 3.17. The van der Waals surface area contributed by atoms with Crippen LogP contribution in [0.25, 0.3) is 88.5 Å².